The van der Waals surface area contributed by atoms with E-state index in [0.29, 0.717) is 10.9 Å². The number of rotatable bonds is 0. The molecule has 0 aliphatic heterocycles. The number of aryl methyl sites for hydroxylation is 1. The van der Waals surface area contributed by atoms with E-state index in [-0.39, 0.29) is 5.95 Å². The molecule has 0 radical (unpaired) electrons. The van der Waals surface area contributed by atoms with E-state index in [0.717, 1.165) is 0 Å². The number of hydrogen-bond donors (Lipinski definition) is 0. The summed E-state index contributed by atoms with van der Waals surface area (Å²) in [5.74, 6) is -0.277. The summed E-state index contributed by atoms with van der Waals surface area (Å²) >= 11 is 0. The highest BCUT2D eigenvalue weighted by atomic mass is 19.1. The van der Waals surface area contributed by atoms with Crippen molar-refractivity contribution in [3.05, 3.63) is 30.2 Å². The fourth-order valence-electron chi connectivity index (χ4n) is 1.12. The molecule has 2 nitrogen and oxygen atoms in total. The molecule has 1 heterocycles. The Kier molecular flexibility index (Phi) is 1.18. The van der Waals surface area contributed by atoms with Gasteiger partial charge in [-0.3, -0.25) is 0 Å². The van der Waals surface area contributed by atoms with Crippen LogP contribution in [0.4, 0.5) is 4.39 Å². The Morgan fingerprint density at radius 3 is 2.82 bits per heavy atom. The van der Waals surface area contributed by atoms with Crippen LogP contribution in [0.15, 0.2) is 24.3 Å². The molecular formula is C8H7FN2. The summed E-state index contributed by atoms with van der Waals surface area (Å²) in [6.07, 6.45) is 0. The predicted molar refractivity (Wildman–Crippen MR) is 40.7 cm³/mol. The van der Waals surface area contributed by atoms with Crippen LogP contribution in [0.5, 0.6) is 0 Å². The lowest BCUT2D eigenvalue weighted by Crippen LogP contribution is -1.92. The molecule has 0 aliphatic rings. The summed E-state index contributed by atoms with van der Waals surface area (Å²) in [4.78, 5) is 0. The van der Waals surface area contributed by atoms with Crippen molar-refractivity contribution in [3.63, 3.8) is 0 Å². The van der Waals surface area contributed by atoms with Gasteiger partial charge in [0.15, 0.2) is 0 Å². The van der Waals surface area contributed by atoms with Gasteiger partial charge in [0, 0.05) is 7.05 Å². The molecule has 3 heteroatoms. The number of aromatic nitrogens is 2. The van der Waals surface area contributed by atoms with Crippen molar-refractivity contribution >= 4 is 10.9 Å². The zero-order valence-corrected chi connectivity index (χ0v) is 6.08. The Morgan fingerprint density at radius 2 is 2.09 bits per heavy atom. The standard InChI is InChI=1S/C8H7FN2/c1-11-8(9)6-4-2-3-5-7(6)10-11/h2-5H,1H3. The fraction of sp³-hybridized carbons (Fsp3) is 0.125. The second kappa shape index (κ2) is 2.05. The molecule has 0 unspecified atom stereocenters. The van der Waals surface area contributed by atoms with Crippen LogP contribution >= 0.6 is 0 Å². The molecule has 0 amide bonds. The van der Waals surface area contributed by atoms with Gasteiger partial charge < -0.3 is 0 Å². The molecule has 56 valence electrons. The third-order valence-corrected chi connectivity index (χ3v) is 1.67. The Morgan fingerprint density at radius 1 is 1.36 bits per heavy atom. The van der Waals surface area contributed by atoms with Gasteiger partial charge in [-0.1, -0.05) is 12.1 Å². The lowest BCUT2D eigenvalue weighted by molar-refractivity contribution is 0.512. The van der Waals surface area contributed by atoms with Crippen molar-refractivity contribution in [1.29, 1.82) is 0 Å². The van der Waals surface area contributed by atoms with E-state index in [9.17, 15) is 4.39 Å². The molecule has 0 atom stereocenters. The molecule has 0 bridgehead atoms. The van der Waals surface area contributed by atoms with E-state index in [4.69, 9.17) is 0 Å². The lowest BCUT2D eigenvalue weighted by atomic mass is 10.3. The molecule has 0 spiro atoms. The maximum atomic E-state index is 13.1. The van der Waals surface area contributed by atoms with Gasteiger partial charge in [-0.15, -0.1) is 0 Å². The van der Waals surface area contributed by atoms with Gasteiger partial charge in [0.2, 0.25) is 5.95 Å². The monoisotopic (exact) mass is 150 g/mol. The SMILES string of the molecule is Cn1nc2ccccc2c1F. The minimum absolute atomic E-state index is 0.277. The summed E-state index contributed by atoms with van der Waals surface area (Å²) < 4.78 is 14.3. The Balaban J connectivity index is 2.92. The number of nitrogens with zero attached hydrogens (tertiary/aromatic N) is 2. The van der Waals surface area contributed by atoms with E-state index in [1.54, 1.807) is 25.2 Å². The second-order valence-electron chi connectivity index (χ2n) is 2.43. The Hall–Kier alpha value is -1.38. The highest BCUT2D eigenvalue weighted by Crippen LogP contribution is 2.14. The van der Waals surface area contributed by atoms with Gasteiger partial charge in [0.25, 0.3) is 0 Å². The van der Waals surface area contributed by atoms with Crippen LogP contribution in [0.2, 0.25) is 0 Å². The van der Waals surface area contributed by atoms with E-state index in [1.165, 1.54) is 4.68 Å². The van der Waals surface area contributed by atoms with Crippen LogP contribution in [-0.2, 0) is 7.05 Å². The summed E-state index contributed by atoms with van der Waals surface area (Å²) in [5, 5.41) is 4.53. The maximum absolute atomic E-state index is 13.1. The van der Waals surface area contributed by atoms with Crippen molar-refractivity contribution in [1.82, 2.24) is 9.78 Å². The number of fused-ring (bicyclic) bond motifs is 1. The second-order valence-corrected chi connectivity index (χ2v) is 2.43. The predicted octanol–water partition coefficient (Wildman–Crippen LogP) is 1.71. The van der Waals surface area contributed by atoms with Crippen LogP contribution in [0, 0.1) is 5.95 Å². The van der Waals surface area contributed by atoms with Crippen molar-refractivity contribution in [3.8, 4) is 0 Å². The Bertz CT molecular complexity index is 392. The average Bonchev–Trinajstić information content (AvgIpc) is 2.30. The first kappa shape index (κ1) is 6.34. The van der Waals surface area contributed by atoms with Gasteiger partial charge in [0.1, 0.15) is 0 Å². The molecule has 1 aromatic heterocycles. The molecular weight excluding hydrogens is 143 g/mol. The van der Waals surface area contributed by atoms with Crippen molar-refractivity contribution in [2.45, 2.75) is 0 Å². The van der Waals surface area contributed by atoms with Gasteiger partial charge >= 0.3 is 0 Å². The van der Waals surface area contributed by atoms with E-state index in [1.807, 2.05) is 6.07 Å². The fourth-order valence-corrected chi connectivity index (χ4v) is 1.12. The minimum Gasteiger partial charge on any atom is -0.242 e. The molecule has 2 aromatic rings. The van der Waals surface area contributed by atoms with Crippen molar-refractivity contribution < 1.29 is 4.39 Å². The molecule has 0 fully saturated rings. The topological polar surface area (TPSA) is 17.8 Å². The molecule has 1 aromatic carbocycles. The Labute approximate surface area is 63.3 Å². The van der Waals surface area contributed by atoms with Crippen LogP contribution in [0.3, 0.4) is 0 Å². The third-order valence-electron chi connectivity index (χ3n) is 1.67. The highest BCUT2D eigenvalue weighted by Gasteiger charge is 2.04. The van der Waals surface area contributed by atoms with Crippen LogP contribution in [0.25, 0.3) is 10.9 Å². The lowest BCUT2D eigenvalue weighted by Gasteiger charge is -1.85. The summed E-state index contributed by atoms with van der Waals surface area (Å²) in [6.45, 7) is 0. The molecule has 0 aliphatic carbocycles. The first-order valence-corrected chi connectivity index (χ1v) is 3.36. The van der Waals surface area contributed by atoms with Gasteiger partial charge in [-0.25, -0.2) is 4.68 Å². The van der Waals surface area contributed by atoms with E-state index >= 15 is 0 Å². The van der Waals surface area contributed by atoms with Gasteiger partial charge in [0.05, 0.1) is 10.9 Å². The minimum atomic E-state index is -0.277. The van der Waals surface area contributed by atoms with Crippen molar-refractivity contribution in [2.75, 3.05) is 0 Å². The van der Waals surface area contributed by atoms with E-state index in [2.05, 4.69) is 5.10 Å². The molecule has 11 heavy (non-hydrogen) atoms. The normalized spacial score (nSPS) is 10.7. The zero-order valence-electron chi connectivity index (χ0n) is 6.08. The van der Waals surface area contributed by atoms with Gasteiger partial charge in [-0.2, -0.15) is 9.49 Å². The summed E-state index contributed by atoms with van der Waals surface area (Å²) in [6, 6.07) is 7.15. The van der Waals surface area contributed by atoms with Crippen molar-refractivity contribution in [2.24, 2.45) is 7.05 Å². The summed E-state index contributed by atoms with van der Waals surface area (Å²) in [5.41, 5.74) is 0.701. The number of halogens is 1. The van der Waals surface area contributed by atoms with E-state index < -0.39 is 0 Å². The quantitative estimate of drug-likeness (QED) is 0.559. The first-order valence-electron chi connectivity index (χ1n) is 3.36. The molecule has 0 N–H and O–H groups in total. The summed E-state index contributed by atoms with van der Waals surface area (Å²) in [7, 11) is 1.59. The maximum Gasteiger partial charge on any atom is 0.219 e. The first-order chi connectivity index (χ1) is 5.29. The molecule has 0 saturated carbocycles. The largest absolute Gasteiger partial charge is 0.242 e. The van der Waals surface area contributed by atoms with Crippen LogP contribution in [0.1, 0.15) is 0 Å². The molecule has 0 saturated heterocycles. The smallest absolute Gasteiger partial charge is 0.219 e. The zero-order chi connectivity index (χ0) is 7.84. The van der Waals surface area contributed by atoms with Crippen LogP contribution < -0.4 is 0 Å². The number of benzene rings is 1. The van der Waals surface area contributed by atoms with Gasteiger partial charge in [-0.05, 0) is 12.1 Å². The number of hydrogen-bond acceptors (Lipinski definition) is 1. The van der Waals surface area contributed by atoms with Crippen LogP contribution in [-0.4, -0.2) is 9.78 Å². The third kappa shape index (κ3) is 0.808. The molecule has 2 rings (SSSR count). The average molecular weight is 150 g/mol. The highest BCUT2D eigenvalue weighted by molar-refractivity contribution is 5.78.